The van der Waals surface area contributed by atoms with Crippen LogP contribution in [0, 0.1) is 6.92 Å². The third-order valence-electron chi connectivity index (χ3n) is 5.70. The smallest absolute Gasteiger partial charge is 0.317 e. The molecule has 0 radical (unpaired) electrons. The quantitative estimate of drug-likeness (QED) is 0.922. The second-order valence-electron chi connectivity index (χ2n) is 7.50. The number of likely N-dealkylation sites (tertiary alicyclic amines) is 1. The molecule has 0 spiro atoms. The van der Waals surface area contributed by atoms with E-state index >= 15 is 0 Å². The van der Waals surface area contributed by atoms with Gasteiger partial charge in [-0.3, -0.25) is 4.98 Å². The van der Waals surface area contributed by atoms with E-state index in [0.717, 1.165) is 56.8 Å². The first kappa shape index (κ1) is 17.1. The number of piperidine rings is 1. The summed E-state index contributed by atoms with van der Waals surface area (Å²) in [6, 6.07) is 4.25. The molecular weight excluding hydrogens is 326 g/mol. The number of nitrogens with zero attached hydrogens (tertiary/aromatic N) is 4. The maximum absolute atomic E-state index is 12.6. The summed E-state index contributed by atoms with van der Waals surface area (Å²) in [4.78, 5) is 23.3. The number of aryl methyl sites for hydroxylation is 2. The lowest BCUT2D eigenvalue weighted by Gasteiger charge is -2.33. The predicted molar refractivity (Wildman–Crippen MR) is 100 cm³/mol. The van der Waals surface area contributed by atoms with Crippen molar-refractivity contribution in [1.29, 1.82) is 0 Å². The molecule has 0 aromatic carbocycles. The van der Waals surface area contributed by atoms with Gasteiger partial charge in [0.2, 0.25) is 0 Å². The first-order valence-electron chi connectivity index (χ1n) is 9.67. The van der Waals surface area contributed by atoms with E-state index in [0.29, 0.717) is 18.4 Å². The fourth-order valence-corrected chi connectivity index (χ4v) is 4.27. The molecule has 6 heteroatoms. The maximum Gasteiger partial charge on any atom is 0.317 e. The van der Waals surface area contributed by atoms with E-state index in [4.69, 9.17) is 0 Å². The molecule has 1 saturated heterocycles. The van der Waals surface area contributed by atoms with Crippen molar-refractivity contribution in [2.45, 2.75) is 51.0 Å². The van der Waals surface area contributed by atoms with E-state index in [2.05, 4.69) is 38.2 Å². The molecule has 2 aromatic heterocycles. The number of carbonyl (C=O) groups excluding carboxylic acids is 1. The van der Waals surface area contributed by atoms with Crippen LogP contribution < -0.4 is 5.32 Å². The molecule has 4 rings (SSSR count). The summed E-state index contributed by atoms with van der Waals surface area (Å²) in [6.45, 7) is 5.39. The lowest BCUT2D eigenvalue weighted by atomic mass is 9.90. The fourth-order valence-electron chi connectivity index (χ4n) is 4.27. The Kier molecular flexibility index (Phi) is 4.91. The zero-order chi connectivity index (χ0) is 17.9. The molecular formula is C20H27N5O. The Morgan fingerprint density at radius 2 is 1.96 bits per heavy atom. The second kappa shape index (κ2) is 7.48. The van der Waals surface area contributed by atoms with E-state index < -0.39 is 0 Å². The van der Waals surface area contributed by atoms with Crippen molar-refractivity contribution in [3.63, 3.8) is 0 Å². The van der Waals surface area contributed by atoms with Gasteiger partial charge in [0.05, 0.1) is 5.69 Å². The van der Waals surface area contributed by atoms with Gasteiger partial charge in [-0.25, -0.2) is 9.78 Å². The van der Waals surface area contributed by atoms with Gasteiger partial charge in [-0.2, -0.15) is 0 Å². The van der Waals surface area contributed by atoms with Crippen LogP contribution in [-0.2, 0) is 6.54 Å². The van der Waals surface area contributed by atoms with Crippen LogP contribution in [0.3, 0.4) is 0 Å². The molecule has 6 nitrogen and oxygen atoms in total. The Balaban J connectivity index is 1.29. The van der Waals surface area contributed by atoms with Gasteiger partial charge < -0.3 is 14.8 Å². The lowest BCUT2D eigenvalue weighted by Crippen LogP contribution is -2.45. The second-order valence-corrected chi connectivity index (χ2v) is 7.50. The Bertz CT molecular complexity index is 749. The highest BCUT2D eigenvalue weighted by Crippen LogP contribution is 2.28. The molecule has 2 aliphatic rings. The zero-order valence-electron chi connectivity index (χ0n) is 15.4. The zero-order valence-corrected chi connectivity index (χ0v) is 15.4. The van der Waals surface area contributed by atoms with Gasteiger partial charge in [-0.1, -0.05) is 0 Å². The molecule has 0 bridgehead atoms. The molecule has 1 atom stereocenters. The number of urea groups is 1. The number of aromatic nitrogens is 3. The molecule has 0 aliphatic carbocycles. The number of carbonyl (C=O) groups is 1. The van der Waals surface area contributed by atoms with Gasteiger partial charge in [-0.05, 0) is 56.2 Å². The van der Waals surface area contributed by atoms with Crippen LogP contribution in [0.4, 0.5) is 4.79 Å². The van der Waals surface area contributed by atoms with Gasteiger partial charge in [-0.15, -0.1) is 0 Å². The van der Waals surface area contributed by atoms with Gasteiger partial charge in [0.1, 0.15) is 5.82 Å². The number of fused-ring (bicyclic) bond motifs is 1. The van der Waals surface area contributed by atoms with E-state index in [1.165, 1.54) is 5.56 Å². The molecule has 4 heterocycles. The number of amides is 2. The maximum atomic E-state index is 12.6. The van der Waals surface area contributed by atoms with Crippen LogP contribution >= 0.6 is 0 Å². The van der Waals surface area contributed by atoms with Crippen LogP contribution in [0.5, 0.6) is 0 Å². The summed E-state index contributed by atoms with van der Waals surface area (Å²) in [5.74, 6) is 2.00. The van der Waals surface area contributed by atoms with Crippen LogP contribution in [0.2, 0.25) is 0 Å². The summed E-state index contributed by atoms with van der Waals surface area (Å²) in [7, 11) is 0. The summed E-state index contributed by atoms with van der Waals surface area (Å²) in [5, 5.41) is 3.15. The monoisotopic (exact) mass is 353 g/mol. The Morgan fingerprint density at radius 1 is 1.19 bits per heavy atom. The number of imidazole rings is 1. The van der Waals surface area contributed by atoms with E-state index in [1.807, 2.05) is 24.2 Å². The summed E-state index contributed by atoms with van der Waals surface area (Å²) in [6.07, 6.45) is 10.1. The van der Waals surface area contributed by atoms with Gasteiger partial charge in [0.15, 0.2) is 0 Å². The third kappa shape index (κ3) is 3.59. The Morgan fingerprint density at radius 3 is 2.73 bits per heavy atom. The van der Waals surface area contributed by atoms with Crippen molar-refractivity contribution < 1.29 is 4.79 Å². The Labute approximate surface area is 154 Å². The number of rotatable bonds is 3. The topological polar surface area (TPSA) is 63.1 Å². The number of nitrogens with one attached hydrogen (secondary N) is 1. The van der Waals surface area contributed by atoms with E-state index in [-0.39, 0.29) is 6.03 Å². The predicted octanol–water partition coefficient (Wildman–Crippen LogP) is 3.05. The molecule has 0 saturated carbocycles. The average Bonchev–Trinajstić information content (AvgIpc) is 3.07. The molecule has 0 unspecified atom stereocenters. The van der Waals surface area contributed by atoms with Gasteiger partial charge in [0, 0.05) is 50.7 Å². The van der Waals surface area contributed by atoms with Gasteiger partial charge >= 0.3 is 6.03 Å². The number of hydrogen-bond acceptors (Lipinski definition) is 3. The molecule has 2 amide bonds. The van der Waals surface area contributed by atoms with E-state index in [1.54, 1.807) is 0 Å². The largest absolute Gasteiger partial charge is 0.337 e. The molecule has 138 valence electrons. The highest BCUT2D eigenvalue weighted by atomic mass is 16.2. The van der Waals surface area contributed by atoms with Crippen LogP contribution in [-0.4, -0.2) is 45.1 Å². The van der Waals surface area contributed by atoms with Crippen LogP contribution in [0.25, 0.3) is 0 Å². The summed E-state index contributed by atoms with van der Waals surface area (Å²) < 4.78 is 2.25. The first-order valence-corrected chi connectivity index (χ1v) is 9.67. The minimum atomic E-state index is 0.0681. The number of hydrogen-bond donors (Lipinski definition) is 1. The highest BCUT2D eigenvalue weighted by Gasteiger charge is 2.26. The van der Waals surface area contributed by atoms with Crippen molar-refractivity contribution in [3.8, 4) is 0 Å². The third-order valence-corrected chi connectivity index (χ3v) is 5.70. The van der Waals surface area contributed by atoms with Gasteiger partial charge in [0.25, 0.3) is 0 Å². The average molecular weight is 353 g/mol. The fraction of sp³-hybridized carbons (Fsp3) is 0.550. The molecule has 2 aromatic rings. The highest BCUT2D eigenvalue weighted by molar-refractivity contribution is 5.74. The molecule has 1 N–H and O–H groups in total. The van der Waals surface area contributed by atoms with E-state index in [9.17, 15) is 4.79 Å². The molecule has 26 heavy (non-hydrogen) atoms. The van der Waals surface area contributed by atoms with Crippen LogP contribution in [0.1, 0.15) is 54.6 Å². The van der Waals surface area contributed by atoms with Crippen molar-refractivity contribution in [2.75, 3.05) is 19.6 Å². The standard InChI is InChI=1S/C20H27N5O/c1-15-14-25-10-2-3-18(19(25)23-15)13-22-20(26)24-11-6-17(7-12-24)16-4-8-21-9-5-16/h4-5,8-9,14,17-18H,2-3,6-7,10-13H2,1H3,(H,22,26)/t18-/m0/s1. The van der Waals surface area contributed by atoms with Crippen LogP contribution in [0.15, 0.2) is 30.7 Å². The van der Waals surface area contributed by atoms with Crippen molar-refractivity contribution >= 4 is 6.03 Å². The summed E-state index contributed by atoms with van der Waals surface area (Å²) >= 11 is 0. The molecule has 1 fully saturated rings. The first-order chi connectivity index (χ1) is 12.7. The lowest BCUT2D eigenvalue weighted by molar-refractivity contribution is 0.180. The number of pyridine rings is 1. The summed E-state index contributed by atoms with van der Waals surface area (Å²) in [5.41, 5.74) is 2.40. The molecule has 2 aliphatic heterocycles. The van der Waals surface area contributed by atoms with Crippen molar-refractivity contribution in [2.24, 2.45) is 0 Å². The normalized spacial score (nSPS) is 20.7. The van der Waals surface area contributed by atoms with Crippen molar-refractivity contribution in [3.05, 3.63) is 47.8 Å². The minimum Gasteiger partial charge on any atom is -0.337 e. The SMILES string of the molecule is Cc1cn2c(n1)[C@H](CNC(=O)N1CCC(c3ccncc3)CC1)CCC2. The minimum absolute atomic E-state index is 0.0681. The Hall–Kier alpha value is -2.37. The van der Waals surface area contributed by atoms with Crippen molar-refractivity contribution in [1.82, 2.24) is 24.8 Å².